The molecule has 0 amide bonds. The van der Waals surface area contributed by atoms with E-state index >= 15 is 0 Å². The largest absolute Gasteiger partial charge is 0.380 e. The van der Waals surface area contributed by atoms with Crippen molar-refractivity contribution in [2.45, 2.75) is 26.1 Å². The number of hydrogen-bond acceptors (Lipinski definition) is 3. The summed E-state index contributed by atoms with van der Waals surface area (Å²) in [5, 5.41) is 11.1. The Balaban J connectivity index is 1.32. The Kier molecular flexibility index (Phi) is 5.98. The van der Waals surface area contributed by atoms with Gasteiger partial charge in [-0.3, -0.25) is 4.57 Å². The number of nitriles is 1. The molecule has 3 heterocycles. The summed E-state index contributed by atoms with van der Waals surface area (Å²) in [5.74, 6) is 0.764. The Bertz CT molecular complexity index is 2270. The van der Waals surface area contributed by atoms with Gasteiger partial charge in [-0.1, -0.05) is 92.7 Å². The highest BCUT2D eigenvalue weighted by atomic mass is 15.1. The number of aliphatic imine (C=N–C) groups is 1. The molecule has 1 aromatic heterocycles. The summed E-state index contributed by atoms with van der Waals surface area (Å²) in [5.41, 5.74) is 13.3. The van der Waals surface area contributed by atoms with Crippen LogP contribution < -0.4 is 10.3 Å². The second-order valence-electron chi connectivity index (χ2n) is 12.5. The van der Waals surface area contributed by atoms with E-state index in [9.17, 15) is 5.26 Å². The van der Waals surface area contributed by atoms with Gasteiger partial charge in [0.1, 0.15) is 5.82 Å². The fraction of sp³-hybridized carbons (Fsp3) is 0.100. The van der Waals surface area contributed by atoms with Crippen LogP contribution in [0, 0.1) is 11.3 Å². The predicted octanol–water partition coefficient (Wildman–Crippen LogP) is 9.38. The van der Waals surface area contributed by atoms with Gasteiger partial charge in [-0.2, -0.15) is 5.26 Å². The molecule has 5 heteroatoms. The quantitative estimate of drug-likeness (QED) is 0.155. The van der Waals surface area contributed by atoms with Crippen molar-refractivity contribution in [2.24, 2.45) is 4.99 Å². The summed E-state index contributed by atoms with van der Waals surface area (Å²) in [6.07, 6.45) is 4.10. The molecular formula is C40H31BN4. The zero-order valence-corrected chi connectivity index (χ0v) is 25.6. The molecule has 0 saturated carbocycles. The lowest BCUT2D eigenvalue weighted by Gasteiger charge is -2.38. The maximum Gasteiger partial charge on any atom is 0.304 e. The third-order valence-corrected chi connectivity index (χ3v) is 9.61. The summed E-state index contributed by atoms with van der Waals surface area (Å²) in [7, 11) is 0. The van der Waals surface area contributed by atoms with Gasteiger partial charge in [-0.25, -0.2) is 4.99 Å². The van der Waals surface area contributed by atoms with Gasteiger partial charge < -0.3 is 4.81 Å². The number of aromatic nitrogens is 1. The van der Waals surface area contributed by atoms with Crippen molar-refractivity contribution in [3.8, 4) is 34.0 Å². The average Bonchev–Trinajstić information content (AvgIpc) is 3.52. The Labute approximate surface area is 264 Å². The highest BCUT2D eigenvalue weighted by Crippen LogP contribution is 2.52. The van der Waals surface area contributed by atoms with Crippen molar-refractivity contribution in [3.05, 3.63) is 132 Å². The molecule has 0 bridgehead atoms. The molecule has 6 aromatic rings. The van der Waals surface area contributed by atoms with Gasteiger partial charge in [-0.15, -0.1) is 0 Å². The number of rotatable bonds is 4. The standard InChI is InChI=1S/C40H31BN4/c1-5-12-33-32-15-7-10-17-36(32)44(39(33)43-4)29-22-26(25-42)21-28(23-29)27-19-20-38-34(24-27)40(2,3)41-35-16-9-6-13-30(35)31-14-8-11-18-37(31)45(38)41/h5-24H,4H2,1-3H3/b12-5-. The molecule has 8 rings (SSSR count). The van der Waals surface area contributed by atoms with E-state index in [0.717, 1.165) is 39.1 Å². The summed E-state index contributed by atoms with van der Waals surface area (Å²) >= 11 is 0. The molecule has 4 nitrogen and oxygen atoms in total. The first-order valence-corrected chi connectivity index (χ1v) is 15.4. The van der Waals surface area contributed by atoms with Gasteiger partial charge in [0.25, 0.3) is 0 Å². The Hall–Kier alpha value is -5.60. The molecule has 0 aliphatic carbocycles. The van der Waals surface area contributed by atoms with E-state index in [1.165, 1.54) is 33.5 Å². The number of allylic oxidation sites excluding steroid dienone is 1. The second-order valence-corrected chi connectivity index (χ2v) is 12.5. The van der Waals surface area contributed by atoms with E-state index in [2.05, 4.69) is 132 Å². The SMILES string of the molecule is C=Nc1c(/C=C\C)c2ccccc2n1-c1cc(C#N)cc(-c2ccc3c(c2)C(C)(C)B2c4ccccc4-c4ccccc4N23)c1. The molecule has 0 unspecified atom stereocenters. The smallest absolute Gasteiger partial charge is 0.304 e. The zero-order chi connectivity index (χ0) is 30.9. The Morgan fingerprint density at radius 3 is 2.38 bits per heavy atom. The fourth-order valence-corrected chi connectivity index (χ4v) is 7.71. The van der Waals surface area contributed by atoms with Crippen LogP contribution in [-0.2, 0) is 5.31 Å². The lowest BCUT2D eigenvalue weighted by atomic mass is 9.37. The summed E-state index contributed by atoms with van der Waals surface area (Å²) in [4.78, 5) is 7.01. The molecule has 45 heavy (non-hydrogen) atoms. The van der Waals surface area contributed by atoms with Crippen molar-refractivity contribution in [3.63, 3.8) is 0 Å². The van der Waals surface area contributed by atoms with Gasteiger partial charge >= 0.3 is 6.85 Å². The van der Waals surface area contributed by atoms with E-state index in [1.807, 2.05) is 37.3 Å². The van der Waals surface area contributed by atoms with E-state index in [1.54, 1.807) is 0 Å². The molecule has 0 atom stereocenters. The normalized spacial score (nSPS) is 14.2. The molecule has 214 valence electrons. The lowest BCUT2D eigenvalue weighted by molar-refractivity contribution is 0.759. The minimum absolute atomic E-state index is 0.164. The topological polar surface area (TPSA) is 44.3 Å². The predicted molar refractivity (Wildman–Crippen MR) is 190 cm³/mol. The first-order chi connectivity index (χ1) is 22.0. The average molecular weight is 579 g/mol. The van der Waals surface area contributed by atoms with Crippen LogP contribution in [0.5, 0.6) is 0 Å². The molecule has 0 saturated heterocycles. The van der Waals surface area contributed by atoms with Crippen LogP contribution in [0.2, 0.25) is 0 Å². The second kappa shape index (κ2) is 9.97. The van der Waals surface area contributed by atoms with Gasteiger partial charge in [-0.05, 0) is 89.1 Å². The molecule has 5 aromatic carbocycles. The van der Waals surface area contributed by atoms with Gasteiger partial charge in [0.2, 0.25) is 0 Å². The first kappa shape index (κ1) is 27.0. The van der Waals surface area contributed by atoms with Crippen LogP contribution in [0.1, 0.15) is 37.5 Å². The molecule has 2 aliphatic rings. The molecular weight excluding hydrogens is 547 g/mol. The first-order valence-electron chi connectivity index (χ1n) is 15.4. The van der Waals surface area contributed by atoms with Gasteiger partial charge in [0, 0.05) is 33.6 Å². The van der Waals surface area contributed by atoms with Crippen molar-refractivity contribution < 1.29 is 0 Å². The van der Waals surface area contributed by atoms with Crippen molar-refractivity contribution in [1.82, 2.24) is 4.57 Å². The number of fused-ring (bicyclic) bond motifs is 9. The molecule has 0 fully saturated rings. The van der Waals surface area contributed by atoms with Crippen LogP contribution in [-0.4, -0.2) is 18.1 Å². The van der Waals surface area contributed by atoms with Crippen molar-refractivity contribution in [1.29, 1.82) is 5.26 Å². The van der Waals surface area contributed by atoms with E-state index < -0.39 is 0 Å². The maximum atomic E-state index is 10.2. The Morgan fingerprint density at radius 2 is 1.58 bits per heavy atom. The van der Waals surface area contributed by atoms with Crippen molar-refractivity contribution >= 4 is 53.2 Å². The monoisotopic (exact) mass is 578 g/mol. The molecule has 0 radical (unpaired) electrons. The fourth-order valence-electron chi connectivity index (χ4n) is 7.71. The van der Waals surface area contributed by atoms with Crippen LogP contribution >= 0.6 is 0 Å². The van der Waals surface area contributed by atoms with Crippen molar-refractivity contribution in [2.75, 3.05) is 4.81 Å². The van der Waals surface area contributed by atoms with E-state index in [0.29, 0.717) is 5.56 Å². The highest BCUT2D eigenvalue weighted by Gasteiger charge is 2.52. The van der Waals surface area contributed by atoms with Crippen LogP contribution in [0.3, 0.4) is 0 Å². The third kappa shape index (κ3) is 3.82. The minimum atomic E-state index is -0.164. The van der Waals surface area contributed by atoms with Crippen LogP contribution in [0.4, 0.5) is 17.2 Å². The number of para-hydroxylation sites is 2. The van der Waals surface area contributed by atoms with Crippen LogP contribution in [0.25, 0.3) is 44.9 Å². The van der Waals surface area contributed by atoms with Gasteiger partial charge in [0.15, 0.2) is 0 Å². The molecule has 2 aliphatic heterocycles. The summed E-state index contributed by atoms with van der Waals surface area (Å²) in [6.45, 7) is 10.8. The summed E-state index contributed by atoms with van der Waals surface area (Å²) < 4.78 is 2.12. The number of hydrogen-bond donors (Lipinski definition) is 0. The van der Waals surface area contributed by atoms with Gasteiger partial charge in [0.05, 0.1) is 17.1 Å². The number of anilines is 2. The molecule has 0 N–H and O–H groups in total. The highest BCUT2D eigenvalue weighted by molar-refractivity contribution is 6.84. The number of nitrogens with zero attached hydrogens (tertiary/aromatic N) is 4. The molecule has 0 spiro atoms. The lowest BCUT2D eigenvalue weighted by Crippen LogP contribution is -2.55. The summed E-state index contributed by atoms with van der Waals surface area (Å²) in [6, 6.07) is 41.2. The van der Waals surface area contributed by atoms with E-state index in [4.69, 9.17) is 0 Å². The number of benzene rings is 5. The zero-order valence-electron chi connectivity index (χ0n) is 25.6. The third-order valence-electron chi connectivity index (χ3n) is 9.61. The maximum absolute atomic E-state index is 10.2. The van der Waals surface area contributed by atoms with E-state index in [-0.39, 0.29) is 12.2 Å². The Morgan fingerprint density at radius 1 is 0.822 bits per heavy atom. The van der Waals surface area contributed by atoms with Crippen LogP contribution in [0.15, 0.2) is 120 Å². The minimum Gasteiger partial charge on any atom is -0.380 e.